The molecule has 3 nitrogen and oxygen atoms in total. The summed E-state index contributed by atoms with van der Waals surface area (Å²) in [6.07, 6.45) is 1.85. The lowest BCUT2D eigenvalue weighted by Gasteiger charge is -2.06. The van der Waals surface area contributed by atoms with E-state index in [2.05, 4.69) is 11.1 Å². The molecule has 0 saturated carbocycles. The summed E-state index contributed by atoms with van der Waals surface area (Å²) in [7, 11) is 0. The number of H-pyrrole nitrogens is 1. The smallest absolute Gasteiger partial charge is 0.340 e. The van der Waals surface area contributed by atoms with Gasteiger partial charge in [0.2, 0.25) is 0 Å². The van der Waals surface area contributed by atoms with Crippen LogP contribution in [-0.2, 0) is 4.74 Å². The van der Waals surface area contributed by atoms with Gasteiger partial charge in [0.15, 0.2) is 0 Å². The first-order valence-corrected chi connectivity index (χ1v) is 5.97. The summed E-state index contributed by atoms with van der Waals surface area (Å²) in [5.74, 6) is -0.282. The van der Waals surface area contributed by atoms with Crippen LogP contribution in [0.25, 0.3) is 21.7 Å². The third kappa shape index (κ3) is 1.56. The molecule has 3 heteroatoms. The van der Waals surface area contributed by atoms with Gasteiger partial charge in [-0.15, -0.1) is 0 Å². The van der Waals surface area contributed by atoms with Crippen LogP contribution in [0.1, 0.15) is 17.3 Å². The Morgan fingerprint density at radius 2 is 2.06 bits per heavy atom. The number of aromatic nitrogens is 1. The number of fused-ring (bicyclic) bond motifs is 3. The lowest BCUT2D eigenvalue weighted by atomic mass is 10.0. The summed E-state index contributed by atoms with van der Waals surface area (Å²) < 4.78 is 5.10. The van der Waals surface area contributed by atoms with Crippen LogP contribution in [0.3, 0.4) is 0 Å². The van der Waals surface area contributed by atoms with Gasteiger partial charge in [0, 0.05) is 11.6 Å². The number of aromatic amines is 1. The predicted molar refractivity (Wildman–Crippen MR) is 71.8 cm³/mol. The fourth-order valence-corrected chi connectivity index (χ4v) is 2.28. The van der Waals surface area contributed by atoms with E-state index in [1.165, 1.54) is 0 Å². The van der Waals surface area contributed by atoms with Crippen LogP contribution >= 0.6 is 0 Å². The SMILES string of the molecule is CCOC(=O)c1cc2ccccc2c2cc[nH]c12. The monoisotopic (exact) mass is 239 g/mol. The molecule has 2 aromatic carbocycles. The summed E-state index contributed by atoms with van der Waals surface area (Å²) in [5, 5.41) is 3.24. The predicted octanol–water partition coefficient (Wildman–Crippen LogP) is 3.50. The molecule has 0 bridgehead atoms. The summed E-state index contributed by atoms with van der Waals surface area (Å²) in [6, 6.07) is 11.9. The number of carbonyl (C=O) groups is 1. The number of benzene rings is 2. The Kier molecular flexibility index (Phi) is 2.52. The van der Waals surface area contributed by atoms with Gasteiger partial charge in [0.05, 0.1) is 17.7 Å². The number of nitrogens with one attached hydrogen (secondary N) is 1. The molecular weight excluding hydrogens is 226 g/mol. The number of esters is 1. The maximum Gasteiger partial charge on any atom is 0.340 e. The van der Waals surface area contributed by atoms with Gasteiger partial charge >= 0.3 is 5.97 Å². The van der Waals surface area contributed by atoms with Gasteiger partial charge in [-0.1, -0.05) is 24.3 Å². The second-order valence-electron chi connectivity index (χ2n) is 4.13. The highest BCUT2D eigenvalue weighted by molar-refractivity contribution is 6.14. The Labute approximate surface area is 104 Å². The van der Waals surface area contributed by atoms with Crippen LogP contribution in [0, 0.1) is 0 Å². The average molecular weight is 239 g/mol. The summed E-state index contributed by atoms with van der Waals surface area (Å²) in [5.41, 5.74) is 1.43. The minimum Gasteiger partial charge on any atom is -0.462 e. The fourth-order valence-electron chi connectivity index (χ4n) is 2.28. The maximum atomic E-state index is 12.0. The molecular formula is C15H13NO2. The van der Waals surface area contributed by atoms with Gasteiger partial charge in [-0.25, -0.2) is 4.79 Å². The molecule has 0 atom stereocenters. The van der Waals surface area contributed by atoms with Crippen molar-refractivity contribution in [3.05, 3.63) is 48.2 Å². The molecule has 0 aliphatic heterocycles. The minimum atomic E-state index is -0.282. The Hall–Kier alpha value is -2.29. The first-order valence-electron chi connectivity index (χ1n) is 5.97. The van der Waals surface area contributed by atoms with Crippen molar-refractivity contribution in [2.45, 2.75) is 6.92 Å². The molecule has 1 aromatic heterocycles. The summed E-state index contributed by atoms with van der Waals surface area (Å²) >= 11 is 0. The van der Waals surface area contributed by atoms with Crippen LogP contribution < -0.4 is 0 Å². The molecule has 18 heavy (non-hydrogen) atoms. The van der Waals surface area contributed by atoms with Crippen LogP contribution in [-0.4, -0.2) is 17.6 Å². The Bertz CT molecular complexity index is 728. The van der Waals surface area contributed by atoms with E-state index in [1.807, 2.05) is 43.5 Å². The molecule has 0 aliphatic carbocycles. The highest BCUT2D eigenvalue weighted by Crippen LogP contribution is 2.28. The molecule has 0 unspecified atom stereocenters. The van der Waals surface area contributed by atoms with E-state index in [0.717, 1.165) is 21.7 Å². The summed E-state index contributed by atoms with van der Waals surface area (Å²) in [4.78, 5) is 15.1. The molecule has 3 rings (SSSR count). The third-order valence-electron chi connectivity index (χ3n) is 3.06. The first kappa shape index (κ1) is 10.8. The van der Waals surface area contributed by atoms with Gasteiger partial charge in [0.25, 0.3) is 0 Å². The van der Waals surface area contributed by atoms with E-state index < -0.39 is 0 Å². The van der Waals surface area contributed by atoms with E-state index in [-0.39, 0.29) is 5.97 Å². The zero-order valence-electron chi connectivity index (χ0n) is 10.1. The lowest BCUT2D eigenvalue weighted by molar-refractivity contribution is 0.0528. The molecule has 0 saturated heterocycles. The standard InChI is InChI=1S/C15H13NO2/c1-2-18-15(17)13-9-10-5-3-4-6-11(10)12-7-8-16-14(12)13/h3-9,16H,2H2,1H3. The fraction of sp³-hybridized carbons (Fsp3) is 0.133. The van der Waals surface area contributed by atoms with Crippen molar-refractivity contribution in [1.82, 2.24) is 4.98 Å². The van der Waals surface area contributed by atoms with Crippen molar-refractivity contribution in [2.24, 2.45) is 0 Å². The molecule has 0 spiro atoms. The van der Waals surface area contributed by atoms with Crippen molar-refractivity contribution >= 4 is 27.6 Å². The van der Waals surface area contributed by atoms with Crippen LogP contribution in [0.2, 0.25) is 0 Å². The molecule has 1 N–H and O–H groups in total. The normalized spacial score (nSPS) is 10.9. The average Bonchev–Trinajstić information content (AvgIpc) is 2.87. The lowest BCUT2D eigenvalue weighted by Crippen LogP contribution is -2.05. The van der Waals surface area contributed by atoms with Crippen LogP contribution in [0.15, 0.2) is 42.6 Å². The third-order valence-corrected chi connectivity index (χ3v) is 3.06. The molecule has 0 amide bonds. The van der Waals surface area contributed by atoms with Crippen molar-refractivity contribution in [2.75, 3.05) is 6.61 Å². The quantitative estimate of drug-likeness (QED) is 0.695. The van der Waals surface area contributed by atoms with Crippen molar-refractivity contribution in [3.63, 3.8) is 0 Å². The maximum absolute atomic E-state index is 12.0. The first-order chi connectivity index (χ1) is 8.81. The highest BCUT2D eigenvalue weighted by atomic mass is 16.5. The van der Waals surface area contributed by atoms with E-state index in [0.29, 0.717) is 12.2 Å². The van der Waals surface area contributed by atoms with Gasteiger partial charge in [-0.05, 0) is 29.8 Å². The van der Waals surface area contributed by atoms with Gasteiger partial charge in [-0.3, -0.25) is 0 Å². The van der Waals surface area contributed by atoms with Crippen LogP contribution in [0.5, 0.6) is 0 Å². The Morgan fingerprint density at radius 3 is 2.89 bits per heavy atom. The van der Waals surface area contributed by atoms with Gasteiger partial charge < -0.3 is 9.72 Å². The number of rotatable bonds is 2. The van der Waals surface area contributed by atoms with E-state index in [9.17, 15) is 4.79 Å². The number of carbonyl (C=O) groups excluding carboxylic acids is 1. The molecule has 0 fully saturated rings. The Morgan fingerprint density at radius 1 is 1.22 bits per heavy atom. The van der Waals surface area contributed by atoms with Crippen molar-refractivity contribution < 1.29 is 9.53 Å². The van der Waals surface area contributed by atoms with Crippen molar-refractivity contribution in [1.29, 1.82) is 0 Å². The molecule has 90 valence electrons. The second-order valence-corrected chi connectivity index (χ2v) is 4.13. The number of ether oxygens (including phenoxy) is 1. The number of hydrogen-bond acceptors (Lipinski definition) is 2. The zero-order valence-corrected chi connectivity index (χ0v) is 10.1. The molecule has 3 aromatic rings. The summed E-state index contributed by atoms with van der Waals surface area (Å²) in [6.45, 7) is 2.19. The number of hydrogen-bond donors (Lipinski definition) is 1. The van der Waals surface area contributed by atoms with E-state index in [1.54, 1.807) is 0 Å². The molecule has 0 aliphatic rings. The highest BCUT2D eigenvalue weighted by Gasteiger charge is 2.14. The van der Waals surface area contributed by atoms with Gasteiger partial charge in [-0.2, -0.15) is 0 Å². The van der Waals surface area contributed by atoms with E-state index >= 15 is 0 Å². The minimum absolute atomic E-state index is 0.282. The van der Waals surface area contributed by atoms with E-state index in [4.69, 9.17) is 4.74 Å². The topological polar surface area (TPSA) is 42.1 Å². The zero-order chi connectivity index (χ0) is 12.5. The Balaban J connectivity index is 2.35. The van der Waals surface area contributed by atoms with Gasteiger partial charge in [0.1, 0.15) is 0 Å². The largest absolute Gasteiger partial charge is 0.462 e. The molecule has 1 heterocycles. The molecule has 0 radical (unpaired) electrons. The van der Waals surface area contributed by atoms with Crippen molar-refractivity contribution in [3.8, 4) is 0 Å². The second kappa shape index (κ2) is 4.18. The van der Waals surface area contributed by atoms with Crippen LogP contribution in [0.4, 0.5) is 0 Å².